The Morgan fingerprint density at radius 2 is 1.85 bits per heavy atom. The molecule has 0 bridgehead atoms. The van der Waals surface area contributed by atoms with Gasteiger partial charge >= 0.3 is 0 Å². The molecule has 7 nitrogen and oxygen atoms in total. The van der Waals surface area contributed by atoms with E-state index in [1.54, 1.807) is 30.3 Å². The fraction of sp³-hybridized carbons (Fsp3) is 0.167. The van der Waals surface area contributed by atoms with E-state index in [9.17, 15) is 9.90 Å². The molecule has 0 fully saturated rings. The lowest BCUT2D eigenvalue weighted by atomic mass is 10.2. The number of hydrazone groups is 1. The highest BCUT2D eigenvalue weighted by Gasteiger charge is 2.14. The Labute approximate surface area is 201 Å². The molecule has 0 aliphatic rings. The molecule has 33 heavy (non-hydrogen) atoms. The van der Waals surface area contributed by atoms with Crippen molar-refractivity contribution < 1.29 is 24.1 Å². The van der Waals surface area contributed by atoms with Crippen LogP contribution in [-0.2, 0) is 6.61 Å². The molecule has 9 heteroatoms. The van der Waals surface area contributed by atoms with Crippen molar-refractivity contribution in [2.24, 2.45) is 5.10 Å². The van der Waals surface area contributed by atoms with Gasteiger partial charge < -0.3 is 19.3 Å². The lowest BCUT2D eigenvalue weighted by Crippen LogP contribution is -2.17. The van der Waals surface area contributed by atoms with E-state index in [2.05, 4.69) is 10.5 Å². The zero-order chi connectivity index (χ0) is 23.8. The molecule has 0 aliphatic carbocycles. The SMILES string of the molecule is CCOc1cc(/C=N\NC(=O)c2ccc(OC)cc2O)cc(Cl)c1OCc1ccc(Cl)cc1. The summed E-state index contributed by atoms with van der Waals surface area (Å²) >= 11 is 12.3. The number of benzene rings is 3. The second kappa shape index (κ2) is 11.4. The van der Waals surface area contributed by atoms with Crippen LogP contribution in [0.3, 0.4) is 0 Å². The summed E-state index contributed by atoms with van der Waals surface area (Å²) in [6.45, 7) is 2.53. The zero-order valence-electron chi connectivity index (χ0n) is 18.0. The molecule has 0 saturated carbocycles. The van der Waals surface area contributed by atoms with Gasteiger partial charge in [-0.25, -0.2) is 5.43 Å². The third-order valence-corrected chi connectivity index (χ3v) is 4.99. The number of methoxy groups -OCH3 is 1. The molecule has 0 spiro atoms. The highest BCUT2D eigenvalue weighted by Crippen LogP contribution is 2.37. The molecular formula is C24H22Cl2N2O5. The molecule has 0 atom stereocenters. The van der Waals surface area contributed by atoms with E-state index in [-0.39, 0.29) is 17.9 Å². The van der Waals surface area contributed by atoms with Crippen LogP contribution in [0, 0.1) is 0 Å². The van der Waals surface area contributed by atoms with E-state index in [1.165, 1.54) is 25.5 Å². The number of rotatable bonds is 9. The van der Waals surface area contributed by atoms with Crippen molar-refractivity contribution in [1.82, 2.24) is 5.43 Å². The van der Waals surface area contributed by atoms with Crippen molar-refractivity contribution in [1.29, 1.82) is 0 Å². The molecule has 0 heterocycles. The predicted octanol–water partition coefficient (Wildman–Crippen LogP) is 5.45. The number of halogens is 2. The highest BCUT2D eigenvalue weighted by atomic mass is 35.5. The number of amides is 1. The molecule has 172 valence electrons. The molecule has 0 aliphatic heterocycles. The van der Waals surface area contributed by atoms with Crippen LogP contribution in [0.1, 0.15) is 28.4 Å². The maximum atomic E-state index is 12.3. The number of carbonyl (C=O) groups excluding carboxylic acids is 1. The Hall–Kier alpha value is -3.42. The number of hydrogen-bond acceptors (Lipinski definition) is 6. The van der Waals surface area contributed by atoms with Crippen LogP contribution in [0.5, 0.6) is 23.0 Å². The van der Waals surface area contributed by atoms with Gasteiger partial charge in [-0.15, -0.1) is 0 Å². The standard InChI is InChI=1S/C24H22Cl2N2O5/c1-3-32-22-11-16(10-20(26)23(22)33-14-15-4-6-17(25)7-5-15)13-27-28-24(30)19-9-8-18(31-2)12-21(19)29/h4-13,29H,3,14H2,1-2H3,(H,28,30)/b27-13-. The topological polar surface area (TPSA) is 89.4 Å². The first kappa shape index (κ1) is 24.2. The molecule has 3 aromatic rings. The third-order valence-electron chi connectivity index (χ3n) is 4.46. The monoisotopic (exact) mass is 488 g/mol. The summed E-state index contributed by atoms with van der Waals surface area (Å²) in [5.74, 6) is 0.484. The Kier molecular flexibility index (Phi) is 8.40. The lowest BCUT2D eigenvalue weighted by molar-refractivity contribution is 0.0952. The van der Waals surface area contributed by atoms with Gasteiger partial charge in [-0.3, -0.25) is 4.79 Å². The Balaban J connectivity index is 1.72. The summed E-state index contributed by atoms with van der Waals surface area (Å²) in [6.07, 6.45) is 1.41. The maximum Gasteiger partial charge on any atom is 0.275 e. The van der Waals surface area contributed by atoms with E-state index in [4.69, 9.17) is 37.4 Å². The van der Waals surface area contributed by atoms with Crippen LogP contribution in [0.4, 0.5) is 0 Å². The molecule has 2 N–H and O–H groups in total. The Morgan fingerprint density at radius 1 is 1.09 bits per heavy atom. The van der Waals surface area contributed by atoms with Gasteiger partial charge in [-0.2, -0.15) is 5.10 Å². The van der Waals surface area contributed by atoms with Crippen molar-refractivity contribution in [2.75, 3.05) is 13.7 Å². The minimum Gasteiger partial charge on any atom is -0.507 e. The molecule has 0 radical (unpaired) electrons. The van der Waals surface area contributed by atoms with E-state index < -0.39 is 5.91 Å². The maximum absolute atomic E-state index is 12.3. The number of aromatic hydroxyl groups is 1. The summed E-state index contributed by atoms with van der Waals surface area (Å²) in [5.41, 5.74) is 3.94. The molecule has 0 unspecified atom stereocenters. The van der Waals surface area contributed by atoms with Gasteiger partial charge in [0, 0.05) is 11.1 Å². The van der Waals surface area contributed by atoms with Crippen LogP contribution < -0.4 is 19.6 Å². The zero-order valence-corrected chi connectivity index (χ0v) is 19.5. The van der Waals surface area contributed by atoms with E-state index >= 15 is 0 Å². The lowest BCUT2D eigenvalue weighted by Gasteiger charge is -2.14. The smallest absolute Gasteiger partial charge is 0.275 e. The molecule has 3 rings (SSSR count). The van der Waals surface area contributed by atoms with Crippen molar-refractivity contribution in [3.63, 3.8) is 0 Å². The van der Waals surface area contributed by atoms with Crippen LogP contribution >= 0.6 is 23.2 Å². The van der Waals surface area contributed by atoms with Crippen molar-refractivity contribution in [3.05, 3.63) is 81.3 Å². The molecule has 0 aromatic heterocycles. The number of phenolic OH excluding ortho intramolecular Hbond substituents is 1. The summed E-state index contributed by atoms with van der Waals surface area (Å²) < 4.78 is 16.6. The number of nitrogens with one attached hydrogen (secondary N) is 1. The van der Waals surface area contributed by atoms with Gasteiger partial charge in [0.05, 0.1) is 30.5 Å². The largest absolute Gasteiger partial charge is 0.507 e. The Morgan fingerprint density at radius 3 is 2.52 bits per heavy atom. The molecule has 1 amide bonds. The predicted molar refractivity (Wildman–Crippen MR) is 128 cm³/mol. The van der Waals surface area contributed by atoms with Gasteiger partial charge in [0.15, 0.2) is 11.5 Å². The first-order valence-corrected chi connectivity index (χ1v) is 10.7. The fourth-order valence-electron chi connectivity index (χ4n) is 2.86. The van der Waals surface area contributed by atoms with Crippen LogP contribution in [0.15, 0.2) is 59.7 Å². The minimum atomic E-state index is -0.578. The van der Waals surface area contributed by atoms with Gasteiger partial charge in [0.25, 0.3) is 5.91 Å². The fourth-order valence-corrected chi connectivity index (χ4v) is 3.26. The van der Waals surface area contributed by atoms with E-state index in [0.717, 1.165) is 5.56 Å². The highest BCUT2D eigenvalue weighted by molar-refractivity contribution is 6.32. The average Bonchev–Trinajstić information content (AvgIpc) is 2.79. The molecule has 0 saturated heterocycles. The third kappa shape index (κ3) is 6.54. The number of carbonyl (C=O) groups is 1. The van der Waals surface area contributed by atoms with Gasteiger partial charge in [0.1, 0.15) is 18.1 Å². The van der Waals surface area contributed by atoms with Crippen molar-refractivity contribution in [3.8, 4) is 23.0 Å². The first-order valence-electron chi connectivity index (χ1n) is 9.95. The summed E-state index contributed by atoms with van der Waals surface area (Å²) in [5, 5.41) is 14.9. The average molecular weight is 489 g/mol. The van der Waals surface area contributed by atoms with Gasteiger partial charge in [-0.05, 0) is 54.4 Å². The van der Waals surface area contributed by atoms with Crippen LogP contribution in [-0.4, -0.2) is 30.9 Å². The molecular weight excluding hydrogens is 467 g/mol. The Bertz CT molecular complexity index is 1150. The van der Waals surface area contributed by atoms with Crippen LogP contribution in [0.2, 0.25) is 10.0 Å². The van der Waals surface area contributed by atoms with E-state index in [0.29, 0.717) is 39.5 Å². The first-order chi connectivity index (χ1) is 15.9. The quantitative estimate of drug-likeness (QED) is 0.308. The van der Waals surface area contributed by atoms with Gasteiger partial charge in [-0.1, -0.05) is 35.3 Å². The van der Waals surface area contributed by atoms with Gasteiger partial charge in [0.2, 0.25) is 0 Å². The van der Waals surface area contributed by atoms with Crippen LogP contribution in [0.25, 0.3) is 0 Å². The summed E-state index contributed by atoms with van der Waals surface area (Å²) in [4.78, 5) is 12.3. The summed E-state index contributed by atoms with van der Waals surface area (Å²) in [6, 6.07) is 15.0. The number of phenols is 1. The van der Waals surface area contributed by atoms with Crippen molar-refractivity contribution >= 4 is 35.3 Å². The normalized spacial score (nSPS) is 10.8. The van der Waals surface area contributed by atoms with E-state index in [1.807, 2.05) is 19.1 Å². The second-order valence-electron chi connectivity index (χ2n) is 6.76. The number of ether oxygens (including phenoxy) is 3. The minimum absolute atomic E-state index is 0.0620. The number of hydrogen-bond donors (Lipinski definition) is 2. The second-order valence-corrected chi connectivity index (χ2v) is 7.60. The number of nitrogens with zero attached hydrogens (tertiary/aromatic N) is 1. The molecule has 3 aromatic carbocycles. The summed E-state index contributed by atoms with van der Waals surface area (Å²) in [7, 11) is 1.47. The van der Waals surface area contributed by atoms with Crippen molar-refractivity contribution in [2.45, 2.75) is 13.5 Å².